The van der Waals surface area contributed by atoms with E-state index < -0.39 is 5.82 Å². The average Bonchev–Trinajstić information content (AvgIpc) is 3.24. The molecule has 0 spiro atoms. The summed E-state index contributed by atoms with van der Waals surface area (Å²) in [6, 6.07) is 12.6. The summed E-state index contributed by atoms with van der Waals surface area (Å²) in [4.78, 5) is 25.5. The number of fused-ring (bicyclic) bond motifs is 1. The van der Waals surface area contributed by atoms with E-state index in [1.54, 1.807) is 12.1 Å². The highest BCUT2D eigenvalue weighted by atomic mass is 19.1. The molecule has 2 aliphatic heterocycles. The fourth-order valence-corrected chi connectivity index (χ4v) is 3.67. The SMILES string of the molecule is CC(=O)NC1CCN(c2ccc(NC=C3C(=O)Nc4cccc(F)c43)cc2)C1. The fraction of sp³-hybridized carbons (Fsp3) is 0.238. The van der Waals surface area contributed by atoms with E-state index in [9.17, 15) is 14.0 Å². The lowest BCUT2D eigenvalue weighted by atomic mass is 10.1. The molecule has 0 radical (unpaired) electrons. The van der Waals surface area contributed by atoms with Crippen LogP contribution in [0.1, 0.15) is 18.9 Å². The number of benzene rings is 2. The molecule has 1 unspecified atom stereocenters. The average molecular weight is 380 g/mol. The van der Waals surface area contributed by atoms with E-state index in [0.717, 1.165) is 30.9 Å². The van der Waals surface area contributed by atoms with Crippen LogP contribution in [0.2, 0.25) is 0 Å². The molecular weight excluding hydrogens is 359 g/mol. The van der Waals surface area contributed by atoms with Crippen molar-refractivity contribution >= 4 is 34.4 Å². The van der Waals surface area contributed by atoms with Crippen LogP contribution in [-0.2, 0) is 9.59 Å². The molecule has 1 atom stereocenters. The molecule has 2 aromatic carbocycles. The quantitative estimate of drug-likeness (QED) is 0.713. The maximum absolute atomic E-state index is 14.1. The van der Waals surface area contributed by atoms with Crippen LogP contribution in [0.25, 0.3) is 5.57 Å². The lowest BCUT2D eigenvalue weighted by Gasteiger charge is -2.19. The van der Waals surface area contributed by atoms with E-state index in [2.05, 4.69) is 20.9 Å². The van der Waals surface area contributed by atoms with Gasteiger partial charge in [-0.25, -0.2) is 4.39 Å². The number of nitrogens with zero attached hydrogens (tertiary/aromatic N) is 1. The zero-order chi connectivity index (χ0) is 19.7. The molecule has 144 valence electrons. The summed E-state index contributed by atoms with van der Waals surface area (Å²) in [5, 5.41) is 8.69. The molecule has 3 N–H and O–H groups in total. The first kappa shape index (κ1) is 18.0. The summed E-state index contributed by atoms with van der Waals surface area (Å²) in [5.41, 5.74) is 2.91. The second kappa shape index (κ2) is 7.34. The second-order valence-corrected chi connectivity index (χ2v) is 7.00. The normalized spacial score (nSPS) is 19.5. The topological polar surface area (TPSA) is 73.5 Å². The lowest BCUT2D eigenvalue weighted by Crippen LogP contribution is -2.35. The summed E-state index contributed by atoms with van der Waals surface area (Å²) in [6.07, 6.45) is 2.45. The number of carbonyl (C=O) groups is 2. The summed E-state index contributed by atoms with van der Waals surface area (Å²) in [6.45, 7) is 3.21. The maximum Gasteiger partial charge on any atom is 0.257 e. The highest BCUT2D eigenvalue weighted by Gasteiger charge is 2.27. The van der Waals surface area contributed by atoms with Gasteiger partial charge in [0.1, 0.15) is 5.82 Å². The maximum atomic E-state index is 14.1. The molecule has 2 heterocycles. The first-order chi connectivity index (χ1) is 13.5. The van der Waals surface area contributed by atoms with Crippen molar-refractivity contribution < 1.29 is 14.0 Å². The molecule has 6 nitrogen and oxygen atoms in total. The van der Waals surface area contributed by atoms with Crippen molar-refractivity contribution in [2.24, 2.45) is 0 Å². The molecule has 0 bridgehead atoms. The molecule has 0 saturated carbocycles. The minimum absolute atomic E-state index is 0.00612. The molecule has 2 aromatic rings. The number of anilines is 3. The Labute approximate surface area is 162 Å². The number of rotatable bonds is 4. The summed E-state index contributed by atoms with van der Waals surface area (Å²) in [7, 11) is 0. The zero-order valence-electron chi connectivity index (χ0n) is 15.5. The third kappa shape index (κ3) is 3.55. The Bertz CT molecular complexity index is 955. The first-order valence-corrected chi connectivity index (χ1v) is 9.20. The van der Waals surface area contributed by atoms with E-state index in [-0.39, 0.29) is 29.0 Å². The van der Waals surface area contributed by atoms with E-state index in [0.29, 0.717) is 5.69 Å². The van der Waals surface area contributed by atoms with Crippen LogP contribution in [0, 0.1) is 5.82 Å². The predicted molar refractivity (Wildman–Crippen MR) is 108 cm³/mol. The fourth-order valence-electron chi connectivity index (χ4n) is 3.67. The van der Waals surface area contributed by atoms with E-state index >= 15 is 0 Å². The Morgan fingerprint density at radius 3 is 2.79 bits per heavy atom. The van der Waals surface area contributed by atoms with Crippen molar-refractivity contribution in [2.45, 2.75) is 19.4 Å². The molecule has 1 fully saturated rings. The van der Waals surface area contributed by atoms with Crippen molar-refractivity contribution in [1.29, 1.82) is 0 Å². The minimum Gasteiger partial charge on any atom is -0.369 e. The molecule has 7 heteroatoms. The standard InChI is InChI=1S/C21H21FN4O2/c1-13(27)24-15-9-10-26(12-15)16-7-5-14(6-8-16)23-11-17-20-18(22)3-2-4-19(20)25-21(17)28/h2-8,11,15,23H,9-10,12H2,1H3,(H,24,27)(H,25,28). The number of carbonyl (C=O) groups excluding carboxylic acids is 2. The van der Waals surface area contributed by atoms with Gasteiger partial charge >= 0.3 is 0 Å². The number of amides is 2. The van der Waals surface area contributed by atoms with Crippen LogP contribution >= 0.6 is 0 Å². The highest BCUT2D eigenvalue weighted by molar-refractivity contribution is 6.31. The number of nitrogens with one attached hydrogen (secondary N) is 3. The van der Waals surface area contributed by atoms with Crippen LogP contribution in [0.3, 0.4) is 0 Å². The summed E-state index contributed by atoms with van der Waals surface area (Å²) < 4.78 is 14.1. The third-order valence-corrected chi connectivity index (χ3v) is 4.99. The van der Waals surface area contributed by atoms with Gasteiger partial charge in [-0.2, -0.15) is 0 Å². The second-order valence-electron chi connectivity index (χ2n) is 7.00. The molecular formula is C21H21FN4O2. The molecule has 1 saturated heterocycles. The Morgan fingerprint density at radius 2 is 2.04 bits per heavy atom. The van der Waals surface area contributed by atoms with Gasteiger partial charge in [0.05, 0.1) is 11.3 Å². The van der Waals surface area contributed by atoms with Gasteiger partial charge in [-0.05, 0) is 42.8 Å². The van der Waals surface area contributed by atoms with E-state index in [4.69, 9.17) is 0 Å². The first-order valence-electron chi connectivity index (χ1n) is 9.20. The molecule has 28 heavy (non-hydrogen) atoms. The van der Waals surface area contributed by atoms with Crippen molar-refractivity contribution in [3.63, 3.8) is 0 Å². The van der Waals surface area contributed by atoms with Gasteiger partial charge in [-0.15, -0.1) is 0 Å². The van der Waals surface area contributed by atoms with Crippen molar-refractivity contribution in [3.05, 3.63) is 60.0 Å². The molecule has 0 aromatic heterocycles. The number of hydrogen-bond donors (Lipinski definition) is 3. The van der Waals surface area contributed by atoms with Crippen LogP contribution in [0.15, 0.2) is 48.7 Å². The summed E-state index contributed by atoms with van der Waals surface area (Å²) in [5.74, 6) is -0.763. The summed E-state index contributed by atoms with van der Waals surface area (Å²) >= 11 is 0. The van der Waals surface area contributed by atoms with Gasteiger partial charge in [0.2, 0.25) is 5.91 Å². The van der Waals surface area contributed by atoms with Gasteiger partial charge in [0.15, 0.2) is 0 Å². The predicted octanol–water partition coefficient (Wildman–Crippen LogP) is 2.95. The van der Waals surface area contributed by atoms with Gasteiger partial charge in [0, 0.05) is 49.2 Å². The van der Waals surface area contributed by atoms with Crippen LogP contribution in [0.5, 0.6) is 0 Å². The van der Waals surface area contributed by atoms with Gasteiger partial charge in [-0.3, -0.25) is 9.59 Å². The number of hydrogen-bond acceptors (Lipinski definition) is 4. The monoisotopic (exact) mass is 380 g/mol. The third-order valence-electron chi connectivity index (χ3n) is 4.99. The highest BCUT2D eigenvalue weighted by Crippen LogP contribution is 2.33. The van der Waals surface area contributed by atoms with Crippen LogP contribution in [-0.4, -0.2) is 30.9 Å². The van der Waals surface area contributed by atoms with Crippen molar-refractivity contribution in [3.8, 4) is 0 Å². The van der Waals surface area contributed by atoms with Crippen molar-refractivity contribution in [2.75, 3.05) is 28.6 Å². The van der Waals surface area contributed by atoms with Crippen LogP contribution in [0.4, 0.5) is 21.5 Å². The Morgan fingerprint density at radius 1 is 1.25 bits per heavy atom. The van der Waals surface area contributed by atoms with Gasteiger partial charge in [-0.1, -0.05) is 6.07 Å². The number of halogens is 1. The van der Waals surface area contributed by atoms with E-state index in [1.165, 1.54) is 19.2 Å². The zero-order valence-corrected chi connectivity index (χ0v) is 15.5. The van der Waals surface area contributed by atoms with Crippen molar-refractivity contribution in [1.82, 2.24) is 5.32 Å². The Balaban J connectivity index is 1.44. The van der Waals surface area contributed by atoms with Gasteiger partial charge in [0.25, 0.3) is 5.91 Å². The van der Waals surface area contributed by atoms with E-state index in [1.807, 2.05) is 24.3 Å². The molecule has 2 amide bonds. The molecule has 4 rings (SSSR count). The van der Waals surface area contributed by atoms with Gasteiger partial charge < -0.3 is 20.9 Å². The smallest absolute Gasteiger partial charge is 0.257 e. The Kier molecular flexibility index (Phi) is 4.73. The lowest BCUT2D eigenvalue weighted by molar-refractivity contribution is -0.119. The Hall–Kier alpha value is -3.35. The minimum atomic E-state index is -0.429. The molecule has 2 aliphatic rings. The van der Waals surface area contributed by atoms with Crippen LogP contribution < -0.4 is 20.9 Å². The molecule has 0 aliphatic carbocycles. The largest absolute Gasteiger partial charge is 0.369 e.